The largest absolute Gasteiger partial charge is 0.361 e. The lowest BCUT2D eigenvalue weighted by Gasteiger charge is -2.26. The molecule has 0 saturated carbocycles. The Kier molecular flexibility index (Phi) is 3.94. The zero-order chi connectivity index (χ0) is 15.6. The van der Waals surface area contributed by atoms with Gasteiger partial charge in [-0.15, -0.1) is 0 Å². The van der Waals surface area contributed by atoms with Crippen molar-refractivity contribution in [3.8, 4) is 0 Å². The van der Waals surface area contributed by atoms with Crippen LogP contribution in [0.2, 0.25) is 5.02 Å². The molecule has 116 valence electrons. The first-order valence-corrected chi connectivity index (χ1v) is 8.40. The van der Waals surface area contributed by atoms with Gasteiger partial charge in [-0.3, -0.25) is 4.90 Å². The smallest absolute Gasteiger partial charge is 0.0460 e. The third kappa shape index (κ3) is 3.05. The van der Waals surface area contributed by atoms with Crippen molar-refractivity contribution >= 4 is 28.1 Å². The first-order valence-electron chi connectivity index (χ1n) is 8.02. The van der Waals surface area contributed by atoms with E-state index >= 15 is 0 Å². The molecule has 2 nitrogen and oxygen atoms in total. The molecule has 4 rings (SSSR count). The van der Waals surface area contributed by atoms with Gasteiger partial charge >= 0.3 is 0 Å². The molecule has 0 fully saturated rings. The van der Waals surface area contributed by atoms with Gasteiger partial charge < -0.3 is 4.98 Å². The van der Waals surface area contributed by atoms with E-state index in [1.54, 1.807) is 0 Å². The molecule has 0 radical (unpaired) electrons. The minimum absolute atomic E-state index is 0.800. The molecule has 0 amide bonds. The van der Waals surface area contributed by atoms with Gasteiger partial charge in [0.1, 0.15) is 0 Å². The Morgan fingerprint density at radius 1 is 1.04 bits per heavy atom. The fourth-order valence-electron chi connectivity index (χ4n) is 3.28. The van der Waals surface area contributed by atoms with Crippen molar-refractivity contribution in [2.24, 2.45) is 0 Å². The van der Waals surface area contributed by atoms with Gasteiger partial charge in [-0.05, 0) is 35.8 Å². The highest BCUT2D eigenvalue weighted by Crippen LogP contribution is 2.29. The molecule has 2 heterocycles. The molecule has 3 heteroatoms. The number of fused-ring (bicyclic) bond motifs is 1. The molecule has 0 spiro atoms. The van der Waals surface area contributed by atoms with E-state index in [9.17, 15) is 0 Å². The van der Waals surface area contributed by atoms with E-state index in [2.05, 4.69) is 58.6 Å². The maximum Gasteiger partial charge on any atom is 0.0460 e. The van der Waals surface area contributed by atoms with E-state index in [0.29, 0.717) is 0 Å². The average molecular weight is 323 g/mol. The molecule has 1 N–H and O–H groups in total. The van der Waals surface area contributed by atoms with Crippen LogP contribution in [0.3, 0.4) is 0 Å². The first-order chi connectivity index (χ1) is 11.3. The summed E-state index contributed by atoms with van der Waals surface area (Å²) in [6.07, 6.45) is 5.61. The number of hydrogen-bond acceptors (Lipinski definition) is 1. The molecule has 0 saturated heterocycles. The van der Waals surface area contributed by atoms with Crippen LogP contribution in [0.15, 0.2) is 60.8 Å². The van der Waals surface area contributed by atoms with E-state index in [1.807, 2.05) is 12.1 Å². The zero-order valence-electron chi connectivity index (χ0n) is 12.9. The lowest BCUT2D eigenvalue weighted by atomic mass is 9.98. The van der Waals surface area contributed by atoms with Gasteiger partial charge in [0.15, 0.2) is 0 Å². The molecule has 0 aliphatic carbocycles. The highest BCUT2D eigenvalue weighted by molar-refractivity contribution is 6.30. The number of benzene rings is 2. The Balaban J connectivity index is 1.49. The number of para-hydroxylation sites is 1. The number of H-pyrrole nitrogens is 1. The van der Waals surface area contributed by atoms with Gasteiger partial charge in [0, 0.05) is 47.3 Å². The maximum atomic E-state index is 5.95. The minimum atomic E-state index is 0.800. The van der Waals surface area contributed by atoms with Crippen molar-refractivity contribution < 1.29 is 0 Å². The summed E-state index contributed by atoms with van der Waals surface area (Å²) < 4.78 is 0. The number of hydrogen-bond donors (Lipinski definition) is 1. The fourth-order valence-corrected chi connectivity index (χ4v) is 3.41. The molecule has 1 aliphatic rings. The summed E-state index contributed by atoms with van der Waals surface area (Å²) in [5.41, 5.74) is 5.34. The number of aromatic nitrogens is 1. The van der Waals surface area contributed by atoms with E-state index in [4.69, 9.17) is 11.6 Å². The molecule has 1 aliphatic heterocycles. The van der Waals surface area contributed by atoms with E-state index < -0.39 is 0 Å². The summed E-state index contributed by atoms with van der Waals surface area (Å²) in [6, 6.07) is 16.7. The number of nitrogens with zero attached hydrogens (tertiary/aromatic N) is 1. The number of halogens is 1. The third-order valence-corrected chi connectivity index (χ3v) is 4.80. The molecule has 2 aromatic carbocycles. The van der Waals surface area contributed by atoms with Crippen LogP contribution in [0.4, 0.5) is 0 Å². The van der Waals surface area contributed by atoms with Crippen LogP contribution in [-0.4, -0.2) is 23.0 Å². The minimum Gasteiger partial charge on any atom is -0.361 e. The molecule has 3 aromatic rings. The molecule has 0 atom stereocenters. The summed E-state index contributed by atoms with van der Waals surface area (Å²) >= 11 is 5.95. The van der Waals surface area contributed by atoms with Crippen LogP contribution in [0.1, 0.15) is 17.5 Å². The number of aromatic amines is 1. The van der Waals surface area contributed by atoms with E-state index in [1.165, 1.54) is 27.6 Å². The Morgan fingerprint density at radius 3 is 2.65 bits per heavy atom. The van der Waals surface area contributed by atoms with Crippen molar-refractivity contribution in [2.45, 2.75) is 13.0 Å². The van der Waals surface area contributed by atoms with E-state index in [0.717, 1.165) is 31.1 Å². The summed E-state index contributed by atoms with van der Waals surface area (Å²) in [6.45, 7) is 3.07. The van der Waals surface area contributed by atoms with Crippen LogP contribution in [0.5, 0.6) is 0 Å². The normalized spacial score (nSPS) is 15.8. The highest BCUT2D eigenvalue weighted by atomic mass is 35.5. The summed E-state index contributed by atoms with van der Waals surface area (Å²) in [4.78, 5) is 5.85. The Hall–Kier alpha value is -2.03. The van der Waals surface area contributed by atoms with Gasteiger partial charge in [0.05, 0.1) is 0 Å². The van der Waals surface area contributed by atoms with Crippen molar-refractivity contribution in [2.75, 3.05) is 13.1 Å². The Morgan fingerprint density at radius 2 is 1.87 bits per heavy atom. The monoisotopic (exact) mass is 322 g/mol. The Labute approximate surface area is 141 Å². The van der Waals surface area contributed by atoms with Crippen LogP contribution in [0, 0.1) is 0 Å². The predicted molar refractivity (Wildman–Crippen MR) is 97.6 cm³/mol. The van der Waals surface area contributed by atoms with Crippen molar-refractivity contribution in [1.29, 1.82) is 0 Å². The van der Waals surface area contributed by atoms with Crippen LogP contribution in [0.25, 0.3) is 16.5 Å². The van der Waals surface area contributed by atoms with Gasteiger partial charge in [-0.2, -0.15) is 0 Å². The fraction of sp³-hybridized carbons (Fsp3) is 0.200. The van der Waals surface area contributed by atoms with Gasteiger partial charge in [-0.25, -0.2) is 0 Å². The second kappa shape index (κ2) is 6.23. The molecule has 23 heavy (non-hydrogen) atoms. The van der Waals surface area contributed by atoms with Crippen LogP contribution in [-0.2, 0) is 6.54 Å². The van der Waals surface area contributed by atoms with Crippen molar-refractivity contribution in [3.63, 3.8) is 0 Å². The van der Waals surface area contributed by atoms with Crippen molar-refractivity contribution in [1.82, 2.24) is 9.88 Å². The molecule has 1 aromatic heterocycles. The summed E-state index contributed by atoms with van der Waals surface area (Å²) in [5, 5.41) is 2.12. The summed E-state index contributed by atoms with van der Waals surface area (Å²) in [7, 11) is 0. The van der Waals surface area contributed by atoms with Gasteiger partial charge in [0.25, 0.3) is 0 Å². The van der Waals surface area contributed by atoms with Crippen molar-refractivity contribution in [3.05, 3.63) is 77.0 Å². The highest BCUT2D eigenvalue weighted by Gasteiger charge is 2.15. The van der Waals surface area contributed by atoms with E-state index in [-0.39, 0.29) is 0 Å². The molecular formula is C20H19ClN2. The lowest BCUT2D eigenvalue weighted by Crippen LogP contribution is -2.27. The first kappa shape index (κ1) is 14.6. The number of nitrogens with one attached hydrogen (secondary N) is 1. The molecular weight excluding hydrogens is 304 g/mol. The maximum absolute atomic E-state index is 5.95. The SMILES string of the molecule is Clc1ccc(CN2CC=C(c3c[nH]c4ccccc34)CC2)cc1. The average Bonchev–Trinajstić information content (AvgIpc) is 3.02. The standard InChI is InChI=1S/C20H19ClN2/c21-17-7-5-15(6-8-17)14-23-11-9-16(10-12-23)19-13-22-20-4-2-1-3-18(19)20/h1-9,13,22H,10-12,14H2. The second-order valence-electron chi connectivity index (χ2n) is 6.09. The predicted octanol–water partition coefficient (Wildman–Crippen LogP) is 5.11. The van der Waals surface area contributed by atoms with Crippen LogP contribution >= 0.6 is 11.6 Å². The second-order valence-corrected chi connectivity index (χ2v) is 6.53. The Bertz CT molecular complexity index is 845. The molecule has 0 unspecified atom stereocenters. The molecule has 0 bridgehead atoms. The third-order valence-electron chi connectivity index (χ3n) is 4.55. The lowest BCUT2D eigenvalue weighted by molar-refractivity contribution is 0.294. The summed E-state index contributed by atoms with van der Waals surface area (Å²) in [5.74, 6) is 0. The van der Waals surface area contributed by atoms with Gasteiger partial charge in [-0.1, -0.05) is 48.0 Å². The quantitative estimate of drug-likeness (QED) is 0.710. The number of rotatable bonds is 3. The zero-order valence-corrected chi connectivity index (χ0v) is 13.7. The topological polar surface area (TPSA) is 19.0 Å². The van der Waals surface area contributed by atoms with Gasteiger partial charge in [0.2, 0.25) is 0 Å². The van der Waals surface area contributed by atoms with Crippen LogP contribution < -0.4 is 0 Å².